The zero-order valence-electron chi connectivity index (χ0n) is 17.2. The molecular formula is C21H35N3O3. The smallest absolute Gasteiger partial charge is 0.234 e. The highest BCUT2D eigenvalue weighted by atomic mass is 16.5. The molecule has 27 heavy (non-hydrogen) atoms. The summed E-state index contributed by atoms with van der Waals surface area (Å²) in [5.41, 5.74) is 1.21. The molecule has 0 spiro atoms. The maximum atomic E-state index is 12.2. The van der Waals surface area contributed by atoms with Gasteiger partial charge < -0.3 is 14.8 Å². The van der Waals surface area contributed by atoms with Crippen molar-refractivity contribution >= 4 is 5.91 Å². The predicted molar refractivity (Wildman–Crippen MR) is 108 cm³/mol. The van der Waals surface area contributed by atoms with E-state index in [4.69, 9.17) is 9.47 Å². The normalized spacial score (nSPS) is 18.1. The van der Waals surface area contributed by atoms with Crippen LogP contribution >= 0.6 is 0 Å². The summed E-state index contributed by atoms with van der Waals surface area (Å²) in [6, 6.07) is 7.99. The third-order valence-electron chi connectivity index (χ3n) is 4.55. The second-order valence-electron chi connectivity index (χ2n) is 7.85. The van der Waals surface area contributed by atoms with E-state index >= 15 is 0 Å². The lowest BCUT2D eigenvalue weighted by Crippen LogP contribution is -2.49. The van der Waals surface area contributed by atoms with Crippen LogP contribution in [0.5, 0.6) is 5.75 Å². The molecule has 2 rings (SSSR count). The highest BCUT2D eigenvalue weighted by molar-refractivity contribution is 5.77. The van der Waals surface area contributed by atoms with Crippen LogP contribution in [0.2, 0.25) is 0 Å². The van der Waals surface area contributed by atoms with Gasteiger partial charge in [0.2, 0.25) is 5.91 Å². The molecule has 0 saturated carbocycles. The SMILES string of the molecule is Cc1ccc(OCCN(C)CC(=O)NCC2CN(CC(C)C)CCO2)cc1. The van der Waals surface area contributed by atoms with Crippen LogP contribution in [0.25, 0.3) is 0 Å². The predicted octanol–water partition coefficient (Wildman–Crippen LogP) is 1.78. The van der Waals surface area contributed by atoms with Crippen LogP contribution in [0.4, 0.5) is 0 Å². The van der Waals surface area contributed by atoms with E-state index in [1.807, 2.05) is 36.2 Å². The average molecular weight is 378 g/mol. The van der Waals surface area contributed by atoms with Crippen molar-refractivity contribution in [1.29, 1.82) is 0 Å². The van der Waals surface area contributed by atoms with Gasteiger partial charge in [-0.3, -0.25) is 14.6 Å². The van der Waals surface area contributed by atoms with Crippen molar-refractivity contribution in [3.63, 3.8) is 0 Å². The van der Waals surface area contributed by atoms with E-state index in [2.05, 4.69) is 31.0 Å². The lowest BCUT2D eigenvalue weighted by molar-refractivity contribution is -0.123. The van der Waals surface area contributed by atoms with Crippen LogP contribution in [-0.2, 0) is 9.53 Å². The highest BCUT2D eigenvalue weighted by Crippen LogP contribution is 2.11. The maximum absolute atomic E-state index is 12.2. The van der Waals surface area contributed by atoms with Gasteiger partial charge >= 0.3 is 0 Å². The van der Waals surface area contributed by atoms with E-state index in [0.717, 1.165) is 32.0 Å². The summed E-state index contributed by atoms with van der Waals surface area (Å²) in [4.78, 5) is 16.5. The Balaban J connectivity index is 1.59. The van der Waals surface area contributed by atoms with E-state index in [1.54, 1.807) is 0 Å². The molecule has 1 fully saturated rings. The second kappa shape index (κ2) is 11.3. The van der Waals surface area contributed by atoms with E-state index in [-0.39, 0.29) is 12.0 Å². The van der Waals surface area contributed by atoms with E-state index in [9.17, 15) is 4.79 Å². The Labute approximate surface area is 163 Å². The Hall–Kier alpha value is -1.63. The quantitative estimate of drug-likeness (QED) is 0.674. The fourth-order valence-corrected chi connectivity index (χ4v) is 3.15. The molecule has 0 aliphatic carbocycles. The summed E-state index contributed by atoms with van der Waals surface area (Å²) in [6.07, 6.45) is 0.0802. The van der Waals surface area contributed by atoms with Crippen molar-refractivity contribution < 1.29 is 14.3 Å². The number of nitrogens with zero attached hydrogens (tertiary/aromatic N) is 2. The molecule has 1 aliphatic rings. The number of ether oxygens (including phenoxy) is 2. The molecule has 1 aliphatic heterocycles. The van der Waals surface area contributed by atoms with Gasteiger partial charge in [0.25, 0.3) is 0 Å². The van der Waals surface area contributed by atoms with Gasteiger partial charge in [0, 0.05) is 32.7 Å². The van der Waals surface area contributed by atoms with E-state index in [0.29, 0.717) is 32.2 Å². The third-order valence-corrected chi connectivity index (χ3v) is 4.55. The van der Waals surface area contributed by atoms with Gasteiger partial charge in [-0.1, -0.05) is 31.5 Å². The Kier molecular flexibility index (Phi) is 9.04. The summed E-state index contributed by atoms with van der Waals surface area (Å²) >= 11 is 0. The van der Waals surface area contributed by atoms with Crippen molar-refractivity contribution in [2.75, 3.05) is 59.5 Å². The van der Waals surface area contributed by atoms with Crippen LogP contribution in [-0.4, -0.2) is 81.3 Å². The minimum absolute atomic E-state index is 0.0254. The number of benzene rings is 1. The first kappa shape index (κ1) is 21.7. The first-order valence-electron chi connectivity index (χ1n) is 9.91. The van der Waals surface area contributed by atoms with Crippen molar-refractivity contribution in [1.82, 2.24) is 15.1 Å². The van der Waals surface area contributed by atoms with Crippen molar-refractivity contribution in [3.05, 3.63) is 29.8 Å². The van der Waals surface area contributed by atoms with Gasteiger partial charge in [-0.2, -0.15) is 0 Å². The van der Waals surface area contributed by atoms with Crippen LogP contribution < -0.4 is 10.1 Å². The minimum atomic E-state index is 0.0254. The number of nitrogens with one attached hydrogen (secondary N) is 1. The lowest BCUT2D eigenvalue weighted by Gasteiger charge is -2.34. The van der Waals surface area contributed by atoms with Crippen LogP contribution in [0.3, 0.4) is 0 Å². The maximum Gasteiger partial charge on any atom is 0.234 e. The van der Waals surface area contributed by atoms with Crippen molar-refractivity contribution in [2.24, 2.45) is 5.92 Å². The zero-order valence-corrected chi connectivity index (χ0v) is 17.2. The molecule has 6 heteroatoms. The number of rotatable bonds is 10. The number of amides is 1. The van der Waals surface area contributed by atoms with Gasteiger partial charge in [0.15, 0.2) is 0 Å². The summed E-state index contributed by atoms with van der Waals surface area (Å²) in [5, 5.41) is 3.00. The molecule has 0 aromatic heterocycles. The number of hydrogen-bond acceptors (Lipinski definition) is 5. The topological polar surface area (TPSA) is 54.0 Å². The Morgan fingerprint density at radius 1 is 1.37 bits per heavy atom. The molecule has 1 heterocycles. The second-order valence-corrected chi connectivity index (χ2v) is 7.85. The summed E-state index contributed by atoms with van der Waals surface area (Å²) < 4.78 is 11.5. The molecule has 152 valence electrons. The van der Waals surface area contributed by atoms with E-state index in [1.165, 1.54) is 5.56 Å². The fourth-order valence-electron chi connectivity index (χ4n) is 3.15. The minimum Gasteiger partial charge on any atom is -0.492 e. The Bertz CT molecular complexity index is 562. The first-order valence-corrected chi connectivity index (χ1v) is 9.91. The summed E-state index contributed by atoms with van der Waals surface area (Å²) in [7, 11) is 1.93. The number of aryl methyl sites for hydroxylation is 1. The van der Waals surface area contributed by atoms with Crippen LogP contribution in [0.15, 0.2) is 24.3 Å². The highest BCUT2D eigenvalue weighted by Gasteiger charge is 2.21. The monoisotopic (exact) mass is 377 g/mol. The molecule has 1 aromatic rings. The van der Waals surface area contributed by atoms with Crippen molar-refractivity contribution in [3.8, 4) is 5.75 Å². The van der Waals surface area contributed by atoms with Gasteiger partial charge in [-0.15, -0.1) is 0 Å². The lowest BCUT2D eigenvalue weighted by atomic mass is 10.2. The summed E-state index contributed by atoms with van der Waals surface area (Å²) in [5.74, 6) is 1.53. The first-order chi connectivity index (χ1) is 12.9. The van der Waals surface area contributed by atoms with E-state index < -0.39 is 0 Å². The number of hydrogen-bond donors (Lipinski definition) is 1. The molecule has 6 nitrogen and oxygen atoms in total. The molecule has 0 bridgehead atoms. The molecule has 1 amide bonds. The van der Waals surface area contributed by atoms with Crippen LogP contribution in [0.1, 0.15) is 19.4 Å². The molecule has 1 atom stereocenters. The molecule has 1 saturated heterocycles. The number of carbonyl (C=O) groups is 1. The Morgan fingerprint density at radius 3 is 2.81 bits per heavy atom. The fraction of sp³-hybridized carbons (Fsp3) is 0.667. The van der Waals surface area contributed by atoms with Gasteiger partial charge in [0.1, 0.15) is 12.4 Å². The number of morpholine rings is 1. The van der Waals surface area contributed by atoms with Crippen molar-refractivity contribution in [2.45, 2.75) is 26.9 Å². The molecule has 1 aromatic carbocycles. The molecule has 1 N–H and O–H groups in total. The molecule has 1 unspecified atom stereocenters. The number of likely N-dealkylation sites (N-methyl/N-ethyl adjacent to an activating group) is 1. The van der Waals surface area contributed by atoms with Gasteiger partial charge in [0.05, 0.1) is 19.3 Å². The third kappa shape index (κ3) is 8.73. The van der Waals surface area contributed by atoms with Crippen LogP contribution in [0, 0.1) is 12.8 Å². The molecular weight excluding hydrogens is 342 g/mol. The molecule has 0 radical (unpaired) electrons. The van der Waals surface area contributed by atoms with Gasteiger partial charge in [-0.25, -0.2) is 0 Å². The van der Waals surface area contributed by atoms with Gasteiger partial charge in [-0.05, 0) is 32.0 Å². The number of carbonyl (C=O) groups excluding carboxylic acids is 1. The summed E-state index contributed by atoms with van der Waals surface area (Å²) in [6.45, 7) is 12.4. The largest absolute Gasteiger partial charge is 0.492 e. The zero-order chi connectivity index (χ0) is 19.6. The standard InChI is InChI=1S/C21H35N3O3/c1-17(2)14-24-10-12-27-20(15-24)13-22-21(25)16-23(4)9-11-26-19-7-5-18(3)6-8-19/h5-8,17,20H,9-16H2,1-4H3,(H,22,25). The average Bonchev–Trinajstić information content (AvgIpc) is 2.61. The Morgan fingerprint density at radius 2 is 2.11 bits per heavy atom.